The highest BCUT2D eigenvalue weighted by Crippen LogP contribution is 2.22. The number of piperazine rings is 1. The normalized spacial score (nSPS) is 20.5. The van der Waals surface area contributed by atoms with E-state index in [1.165, 1.54) is 60.8 Å². The topological polar surface area (TPSA) is 22.6 Å². The number of pyridine rings is 1. The van der Waals surface area contributed by atoms with Gasteiger partial charge in [0.25, 0.3) is 0 Å². The third-order valence-electron chi connectivity index (χ3n) is 5.52. The number of hydrogen-bond acceptors (Lipinski definition) is 5. The van der Waals surface area contributed by atoms with Crippen LogP contribution in [0.25, 0.3) is 0 Å². The Morgan fingerprint density at radius 1 is 0.731 bits per heavy atom. The zero-order valence-corrected chi connectivity index (χ0v) is 16.5. The van der Waals surface area contributed by atoms with Crippen LogP contribution in [0, 0.1) is 0 Å². The van der Waals surface area contributed by atoms with E-state index in [0.29, 0.717) is 0 Å². The van der Waals surface area contributed by atoms with Crippen LogP contribution in [-0.4, -0.2) is 59.0 Å². The van der Waals surface area contributed by atoms with Crippen molar-refractivity contribution in [3.05, 3.63) is 52.0 Å². The molecule has 0 radical (unpaired) electrons. The molecule has 0 spiro atoms. The third kappa shape index (κ3) is 5.13. The summed E-state index contributed by atoms with van der Waals surface area (Å²) in [5.74, 6) is 0. The van der Waals surface area contributed by atoms with Gasteiger partial charge in [0.15, 0.2) is 0 Å². The lowest BCUT2D eigenvalue weighted by molar-refractivity contribution is 0.122. The molecule has 4 rings (SSSR count). The predicted octanol–water partition coefficient (Wildman–Crippen LogP) is 3.45. The Bertz CT molecular complexity index is 658. The Hall–Kier alpha value is -1.27. The zero-order valence-electron chi connectivity index (χ0n) is 15.6. The van der Waals surface area contributed by atoms with Gasteiger partial charge in [-0.25, -0.2) is 0 Å². The summed E-state index contributed by atoms with van der Waals surface area (Å²) in [5.41, 5.74) is 1.32. The molecule has 4 nitrogen and oxygen atoms in total. The number of rotatable bonds is 6. The maximum absolute atomic E-state index is 4.23. The Morgan fingerprint density at radius 2 is 1.35 bits per heavy atom. The van der Waals surface area contributed by atoms with E-state index >= 15 is 0 Å². The van der Waals surface area contributed by atoms with E-state index in [4.69, 9.17) is 0 Å². The summed E-state index contributed by atoms with van der Waals surface area (Å²) in [4.78, 5) is 15.1. The molecule has 2 aromatic heterocycles. The molecule has 0 aliphatic carbocycles. The molecule has 2 aliphatic heterocycles. The standard InChI is InChI=1S/C21H30N4S/c1-2-9-23(10-3-1)17-20-6-7-21(26-20)18-25-13-11-24(12-14-25)16-19-5-4-8-22-15-19/h4-8,15H,1-3,9-14,16-18H2. The van der Waals surface area contributed by atoms with Gasteiger partial charge in [-0.2, -0.15) is 0 Å². The summed E-state index contributed by atoms with van der Waals surface area (Å²) >= 11 is 2.02. The Kier molecular flexibility index (Phi) is 6.33. The van der Waals surface area contributed by atoms with Crippen LogP contribution in [0.4, 0.5) is 0 Å². The van der Waals surface area contributed by atoms with Crippen LogP contribution >= 0.6 is 11.3 Å². The van der Waals surface area contributed by atoms with E-state index in [0.717, 1.165) is 32.7 Å². The molecule has 0 bridgehead atoms. The van der Waals surface area contributed by atoms with Crippen molar-refractivity contribution >= 4 is 11.3 Å². The van der Waals surface area contributed by atoms with Crippen molar-refractivity contribution in [3.8, 4) is 0 Å². The molecular weight excluding hydrogens is 340 g/mol. The van der Waals surface area contributed by atoms with Crippen LogP contribution < -0.4 is 0 Å². The number of nitrogens with zero attached hydrogens (tertiary/aromatic N) is 4. The summed E-state index contributed by atoms with van der Waals surface area (Å²) < 4.78 is 0. The first-order chi connectivity index (χ1) is 12.8. The smallest absolute Gasteiger partial charge is 0.0329 e. The molecular formula is C21H30N4S. The quantitative estimate of drug-likeness (QED) is 0.777. The van der Waals surface area contributed by atoms with Gasteiger partial charge in [-0.15, -0.1) is 11.3 Å². The highest BCUT2D eigenvalue weighted by molar-refractivity contribution is 7.11. The van der Waals surface area contributed by atoms with Crippen molar-refractivity contribution in [2.45, 2.75) is 38.9 Å². The maximum atomic E-state index is 4.23. The van der Waals surface area contributed by atoms with Crippen LogP contribution in [-0.2, 0) is 19.6 Å². The molecule has 0 N–H and O–H groups in total. The first-order valence-corrected chi connectivity index (χ1v) is 10.8. The second kappa shape index (κ2) is 9.09. The SMILES string of the molecule is c1cncc(CN2CCN(Cc3ccc(CN4CCCCC4)s3)CC2)c1. The van der Waals surface area contributed by atoms with Gasteiger partial charge >= 0.3 is 0 Å². The lowest BCUT2D eigenvalue weighted by Crippen LogP contribution is -2.45. The second-order valence-electron chi connectivity index (χ2n) is 7.62. The fourth-order valence-electron chi connectivity index (χ4n) is 4.01. The van der Waals surface area contributed by atoms with Crippen LogP contribution in [0.1, 0.15) is 34.6 Å². The minimum atomic E-state index is 1.03. The van der Waals surface area contributed by atoms with Crippen molar-refractivity contribution in [3.63, 3.8) is 0 Å². The van der Waals surface area contributed by atoms with Crippen LogP contribution in [0.2, 0.25) is 0 Å². The molecule has 4 heterocycles. The van der Waals surface area contributed by atoms with Crippen LogP contribution in [0.3, 0.4) is 0 Å². The van der Waals surface area contributed by atoms with Gasteiger partial charge < -0.3 is 0 Å². The summed E-state index contributed by atoms with van der Waals surface area (Å²) in [7, 11) is 0. The van der Waals surface area contributed by atoms with E-state index in [2.05, 4.69) is 37.9 Å². The second-order valence-corrected chi connectivity index (χ2v) is 8.87. The average Bonchev–Trinajstić information content (AvgIpc) is 3.12. The monoisotopic (exact) mass is 370 g/mol. The summed E-state index contributed by atoms with van der Waals surface area (Å²) in [6, 6.07) is 8.91. The molecule has 0 saturated carbocycles. The predicted molar refractivity (Wildman–Crippen MR) is 108 cm³/mol. The molecule has 140 valence electrons. The highest BCUT2D eigenvalue weighted by Gasteiger charge is 2.18. The fraction of sp³-hybridized carbons (Fsp3) is 0.571. The van der Waals surface area contributed by atoms with Crippen molar-refractivity contribution in [2.75, 3.05) is 39.3 Å². The summed E-state index contributed by atoms with van der Waals surface area (Å²) in [6.07, 6.45) is 8.01. The zero-order chi connectivity index (χ0) is 17.6. The van der Waals surface area contributed by atoms with Gasteiger partial charge in [0.1, 0.15) is 0 Å². The van der Waals surface area contributed by atoms with Crippen LogP contribution in [0.15, 0.2) is 36.7 Å². The van der Waals surface area contributed by atoms with Gasteiger partial charge in [-0.05, 0) is 49.7 Å². The molecule has 0 unspecified atom stereocenters. The number of aromatic nitrogens is 1. The van der Waals surface area contributed by atoms with Gasteiger partial charge in [0.05, 0.1) is 0 Å². The lowest BCUT2D eigenvalue weighted by Gasteiger charge is -2.34. The molecule has 5 heteroatoms. The highest BCUT2D eigenvalue weighted by atomic mass is 32.1. The van der Waals surface area contributed by atoms with Crippen molar-refractivity contribution in [2.24, 2.45) is 0 Å². The van der Waals surface area contributed by atoms with Gasteiger partial charge in [-0.3, -0.25) is 19.7 Å². The molecule has 0 aromatic carbocycles. The number of piperidine rings is 1. The maximum Gasteiger partial charge on any atom is 0.0329 e. The van der Waals surface area contributed by atoms with Gasteiger partial charge in [0, 0.05) is 68.0 Å². The molecule has 2 aromatic rings. The number of thiophene rings is 1. The first kappa shape index (κ1) is 18.1. The van der Waals surface area contributed by atoms with E-state index in [1.807, 2.05) is 29.8 Å². The molecule has 0 atom stereocenters. The fourth-order valence-corrected chi connectivity index (χ4v) is 5.11. The van der Waals surface area contributed by atoms with Crippen LogP contribution in [0.5, 0.6) is 0 Å². The minimum Gasteiger partial charge on any atom is -0.298 e. The van der Waals surface area contributed by atoms with Crippen molar-refractivity contribution < 1.29 is 0 Å². The number of likely N-dealkylation sites (tertiary alicyclic amines) is 1. The Labute approximate surface area is 161 Å². The van der Waals surface area contributed by atoms with Gasteiger partial charge in [0.2, 0.25) is 0 Å². The first-order valence-electron chi connectivity index (χ1n) is 9.99. The molecule has 26 heavy (non-hydrogen) atoms. The van der Waals surface area contributed by atoms with Crippen molar-refractivity contribution in [1.29, 1.82) is 0 Å². The molecule has 2 saturated heterocycles. The van der Waals surface area contributed by atoms with Crippen molar-refractivity contribution in [1.82, 2.24) is 19.7 Å². The van der Waals surface area contributed by atoms with E-state index in [-0.39, 0.29) is 0 Å². The Morgan fingerprint density at radius 3 is 1.96 bits per heavy atom. The largest absolute Gasteiger partial charge is 0.298 e. The summed E-state index contributed by atoms with van der Waals surface area (Å²) in [6.45, 7) is 10.5. The molecule has 2 fully saturated rings. The van der Waals surface area contributed by atoms with E-state index in [9.17, 15) is 0 Å². The Balaban J connectivity index is 1.22. The lowest BCUT2D eigenvalue weighted by atomic mass is 10.1. The van der Waals surface area contributed by atoms with Gasteiger partial charge in [-0.1, -0.05) is 12.5 Å². The number of hydrogen-bond donors (Lipinski definition) is 0. The minimum absolute atomic E-state index is 1.03. The van der Waals surface area contributed by atoms with E-state index in [1.54, 1.807) is 0 Å². The average molecular weight is 371 g/mol. The third-order valence-corrected chi connectivity index (χ3v) is 6.57. The molecule has 2 aliphatic rings. The molecule has 0 amide bonds. The summed E-state index contributed by atoms with van der Waals surface area (Å²) in [5, 5.41) is 0. The van der Waals surface area contributed by atoms with E-state index < -0.39 is 0 Å².